The molecule has 0 radical (unpaired) electrons. The van der Waals surface area contributed by atoms with E-state index in [1.165, 1.54) is 6.08 Å². The predicted molar refractivity (Wildman–Crippen MR) is 40.3 cm³/mol. The van der Waals surface area contributed by atoms with Crippen molar-refractivity contribution in [2.75, 3.05) is 6.61 Å². The van der Waals surface area contributed by atoms with Gasteiger partial charge < -0.3 is 19.7 Å². The molecule has 0 bridgehead atoms. The Kier molecular flexibility index (Phi) is 3.45. The smallest absolute Gasteiger partial charge is 0.547 e. The van der Waals surface area contributed by atoms with E-state index in [0.29, 0.717) is 0 Å². The molecule has 1 N–H and O–H groups in total. The Bertz CT molecular complexity index is 329. The number of aliphatic hydroxyl groups excluding tert-OH is 1. The fourth-order valence-electron chi connectivity index (χ4n) is 1.65. The van der Waals surface area contributed by atoms with Gasteiger partial charge in [-0.2, -0.15) is 0 Å². The summed E-state index contributed by atoms with van der Waals surface area (Å²) in [6.45, 7) is -0.326. The van der Waals surface area contributed by atoms with Crippen LogP contribution in [0.1, 0.15) is 6.42 Å². The number of hydrogen-bond donors (Lipinski definition) is 1. The zero-order chi connectivity index (χ0) is 10.3. The van der Waals surface area contributed by atoms with Crippen molar-refractivity contribution in [3.8, 4) is 0 Å². The molecule has 15 heavy (non-hydrogen) atoms. The molecule has 2 unspecified atom stereocenters. The third kappa shape index (κ3) is 1.76. The minimum atomic E-state index is -1.39. The minimum Gasteiger partial charge on any atom is -0.547 e. The molecule has 2 aliphatic rings. The van der Waals surface area contributed by atoms with Crippen molar-refractivity contribution in [3.63, 3.8) is 0 Å². The molecule has 1 amide bonds. The van der Waals surface area contributed by atoms with Gasteiger partial charge in [0.2, 0.25) is 5.91 Å². The van der Waals surface area contributed by atoms with Gasteiger partial charge in [-0.1, -0.05) is 0 Å². The second-order valence-electron chi connectivity index (χ2n) is 3.09. The summed E-state index contributed by atoms with van der Waals surface area (Å²) in [4.78, 5) is 22.9. The van der Waals surface area contributed by atoms with Crippen LogP contribution in [0, 0.1) is 0 Å². The fraction of sp³-hybridized carbons (Fsp3) is 0.500. The van der Waals surface area contributed by atoms with Crippen molar-refractivity contribution in [1.82, 2.24) is 4.90 Å². The summed E-state index contributed by atoms with van der Waals surface area (Å²) in [5.74, 6) is -1.57. The van der Waals surface area contributed by atoms with Crippen LogP contribution >= 0.6 is 0 Å². The number of carboxylic acid groups (broad SMARTS) is 1. The van der Waals surface area contributed by atoms with Crippen LogP contribution in [0.25, 0.3) is 0 Å². The van der Waals surface area contributed by atoms with Crippen LogP contribution in [-0.2, 0) is 14.3 Å². The molecule has 2 fully saturated rings. The van der Waals surface area contributed by atoms with E-state index in [4.69, 9.17) is 9.84 Å². The predicted octanol–water partition coefficient (Wildman–Crippen LogP) is -5.43. The third-order valence-corrected chi connectivity index (χ3v) is 2.28. The normalized spacial score (nSPS) is 30.3. The van der Waals surface area contributed by atoms with Gasteiger partial charge in [-0.15, -0.1) is 0 Å². The van der Waals surface area contributed by atoms with Crippen molar-refractivity contribution >= 4 is 11.9 Å². The van der Waals surface area contributed by atoms with Gasteiger partial charge >= 0.3 is 18.9 Å². The van der Waals surface area contributed by atoms with Gasteiger partial charge in [-0.3, -0.25) is 9.69 Å². The van der Waals surface area contributed by atoms with E-state index in [1.54, 1.807) is 0 Å². The van der Waals surface area contributed by atoms with Crippen molar-refractivity contribution in [3.05, 3.63) is 11.8 Å². The maximum absolute atomic E-state index is 11.0. The monoisotopic (exact) mass is 205 g/mol. The zero-order valence-electron chi connectivity index (χ0n) is 8.17. The fourth-order valence-corrected chi connectivity index (χ4v) is 1.65. The Morgan fingerprint density at radius 1 is 1.73 bits per heavy atom. The van der Waals surface area contributed by atoms with Crippen LogP contribution in [0.4, 0.5) is 0 Å². The summed E-state index contributed by atoms with van der Waals surface area (Å²) in [6.07, 6.45) is 0.918. The Morgan fingerprint density at radius 2 is 2.40 bits per heavy atom. The van der Waals surface area contributed by atoms with Crippen LogP contribution in [-0.4, -0.2) is 40.8 Å². The van der Waals surface area contributed by atoms with E-state index in [1.807, 2.05) is 0 Å². The number of aliphatic carboxylic acids is 1. The summed E-state index contributed by atoms with van der Waals surface area (Å²) in [5.41, 5.74) is 0. The van der Waals surface area contributed by atoms with E-state index in [-0.39, 0.29) is 43.6 Å². The van der Waals surface area contributed by atoms with Gasteiger partial charge in [-0.05, 0) is 6.08 Å². The molecular formula is C8H8LiNO5. The SMILES string of the molecule is O=C([O-])C1/C(=C/CO)OC2CC(=O)N21.[Li+]. The summed E-state index contributed by atoms with van der Waals surface area (Å²) < 4.78 is 5.13. The molecule has 0 aromatic carbocycles. The van der Waals surface area contributed by atoms with Crippen LogP contribution in [0.15, 0.2) is 11.8 Å². The molecule has 2 rings (SSSR count). The first-order valence-electron chi connectivity index (χ1n) is 4.14. The summed E-state index contributed by atoms with van der Waals surface area (Å²) in [6, 6.07) is -1.17. The van der Waals surface area contributed by atoms with E-state index < -0.39 is 18.2 Å². The van der Waals surface area contributed by atoms with Gasteiger partial charge in [0.25, 0.3) is 0 Å². The molecule has 2 saturated heterocycles. The van der Waals surface area contributed by atoms with Gasteiger partial charge in [0.1, 0.15) is 11.8 Å². The Morgan fingerprint density at radius 3 is 2.87 bits per heavy atom. The summed E-state index contributed by atoms with van der Waals surface area (Å²) in [5, 5.41) is 19.3. The van der Waals surface area contributed by atoms with E-state index in [9.17, 15) is 14.7 Å². The van der Waals surface area contributed by atoms with Crippen molar-refractivity contribution in [2.24, 2.45) is 0 Å². The van der Waals surface area contributed by atoms with Crippen LogP contribution in [0.5, 0.6) is 0 Å². The Hall–Kier alpha value is -0.963. The average molecular weight is 205 g/mol. The molecule has 2 heterocycles. The molecule has 0 aromatic rings. The second-order valence-corrected chi connectivity index (χ2v) is 3.09. The number of aliphatic hydroxyl groups is 1. The molecule has 0 aliphatic carbocycles. The number of β-lactam (4-membered cyclic amide) rings is 1. The van der Waals surface area contributed by atoms with E-state index in [2.05, 4.69) is 0 Å². The molecule has 2 atom stereocenters. The standard InChI is InChI=1S/C8H9NO5.Li/c10-2-1-4-7(8(12)13)9-5(11)3-6(9)14-4;/h1,6-7,10H,2-3H2,(H,12,13);/q;+1/p-1/b4-1-;. The largest absolute Gasteiger partial charge is 1.00 e. The van der Waals surface area contributed by atoms with Gasteiger partial charge in [-0.25, -0.2) is 0 Å². The van der Waals surface area contributed by atoms with Crippen molar-refractivity contribution < 1.29 is 43.4 Å². The molecule has 76 valence electrons. The molecule has 7 heteroatoms. The quantitative estimate of drug-likeness (QED) is 0.359. The van der Waals surface area contributed by atoms with Gasteiger partial charge in [0, 0.05) is 0 Å². The topological polar surface area (TPSA) is 89.9 Å². The number of ether oxygens (including phenoxy) is 1. The molecule has 6 nitrogen and oxygen atoms in total. The molecule has 0 spiro atoms. The number of carboxylic acids is 1. The second kappa shape index (κ2) is 4.27. The van der Waals surface area contributed by atoms with Gasteiger partial charge in [0.15, 0.2) is 6.23 Å². The number of rotatable bonds is 2. The number of amides is 1. The maximum atomic E-state index is 11.0. The Labute approximate surface area is 97.7 Å². The number of carbonyl (C=O) groups is 2. The molecular weight excluding hydrogens is 197 g/mol. The number of nitrogens with zero attached hydrogens (tertiary/aromatic N) is 1. The van der Waals surface area contributed by atoms with Crippen molar-refractivity contribution in [1.29, 1.82) is 0 Å². The zero-order valence-corrected chi connectivity index (χ0v) is 8.17. The molecule has 2 aliphatic heterocycles. The third-order valence-electron chi connectivity index (χ3n) is 2.28. The summed E-state index contributed by atoms with van der Waals surface area (Å²) >= 11 is 0. The number of fused-ring (bicyclic) bond motifs is 1. The van der Waals surface area contributed by atoms with Crippen LogP contribution in [0.2, 0.25) is 0 Å². The maximum Gasteiger partial charge on any atom is 1.00 e. The molecule has 0 saturated carbocycles. The van der Waals surface area contributed by atoms with E-state index in [0.717, 1.165) is 4.90 Å². The molecule has 0 aromatic heterocycles. The van der Waals surface area contributed by atoms with Crippen LogP contribution < -0.4 is 24.0 Å². The first kappa shape index (κ1) is 12.1. The minimum absolute atomic E-state index is 0. The Balaban J connectivity index is 0.00000112. The van der Waals surface area contributed by atoms with Crippen LogP contribution in [0.3, 0.4) is 0 Å². The first-order valence-corrected chi connectivity index (χ1v) is 4.14. The number of hydrogen-bond acceptors (Lipinski definition) is 5. The van der Waals surface area contributed by atoms with Gasteiger partial charge in [0.05, 0.1) is 19.0 Å². The van der Waals surface area contributed by atoms with Crippen molar-refractivity contribution in [2.45, 2.75) is 18.7 Å². The van der Waals surface area contributed by atoms with E-state index >= 15 is 0 Å². The number of carbonyl (C=O) groups excluding carboxylic acids is 2. The first-order chi connectivity index (χ1) is 6.65. The average Bonchev–Trinajstić information content (AvgIpc) is 2.39. The summed E-state index contributed by atoms with van der Waals surface area (Å²) in [7, 11) is 0.